The molecule has 0 saturated heterocycles. The van der Waals surface area contributed by atoms with Gasteiger partial charge in [0.25, 0.3) is 0 Å². The fourth-order valence-electron chi connectivity index (χ4n) is 1.64. The van der Waals surface area contributed by atoms with E-state index in [4.69, 9.17) is 4.74 Å². The van der Waals surface area contributed by atoms with Crippen molar-refractivity contribution < 1.29 is 4.74 Å². The monoisotopic (exact) mass is 225 g/mol. The zero-order valence-corrected chi connectivity index (χ0v) is 10.6. The third-order valence-electron chi connectivity index (χ3n) is 2.43. The van der Waals surface area contributed by atoms with Crippen molar-refractivity contribution in [2.45, 2.75) is 26.8 Å². The molecule has 0 bridgehead atoms. The Morgan fingerprint density at radius 1 is 1.44 bits per heavy atom. The Bertz CT molecular complexity index is 284. The van der Waals surface area contributed by atoms with E-state index in [1.165, 1.54) is 5.69 Å². The highest BCUT2D eigenvalue weighted by Crippen LogP contribution is 2.06. The molecule has 0 spiro atoms. The molecule has 92 valence electrons. The zero-order valence-electron chi connectivity index (χ0n) is 10.6. The number of hydrogen-bond acceptors (Lipinski definition) is 3. The van der Waals surface area contributed by atoms with Crippen LogP contribution < -0.4 is 5.32 Å². The van der Waals surface area contributed by atoms with Crippen LogP contribution in [0.4, 0.5) is 0 Å². The number of imidazole rings is 1. The Balaban J connectivity index is 2.27. The second-order valence-electron chi connectivity index (χ2n) is 4.42. The number of methoxy groups -OCH3 is 1. The average molecular weight is 225 g/mol. The standard InChI is InChI=1S/C12H23N3O/c1-11(2)8-12-9-14-10-15(12)6-4-13-5-7-16-3/h9-11,13H,4-8H2,1-3H3. The minimum absolute atomic E-state index is 0.678. The van der Waals surface area contributed by atoms with Crippen LogP contribution in [0.5, 0.6) is 0 Å². The number of ether oxygens (including phenoxy) is 1. The maximum Gasteiger partial charge on any atom is 0.0948 e. The Morgan fingerprint density at radius 2 is 2.25 bits per heavy atom. The van der Waals surface area contributed by atoms with Gasteiger partial charge in [-0.3, -0.25) is 0 Å². The molecular weight excluding hydrogens is 202 g/mol. The predicted octanol–water partition coefficient (Wildman–Crippen LogP) is 1.32. The summed E-state index contributed by atoms with van der Waals surface area (Å²) in [6.07, 6.45) is 4.98. The quantitative estimate of drug-likeness (QED) is 0.678. The number of hydrogen-bond donors (Lipinski definition) is 1. The molecule has 0 unspecified atom stereocenters. The summed E-state index contributed by atoms with van der Waals surface area (Å²) in [6, 6.07) is 0. The Labute approximate surface area is 98.0 Å². The Morgan fingerprint density at radius 3 is 2.94 bits per heavy atom. The fourth-order valence-corrected chi connectivity index (χ4v) is 1.64. The lowest BCUT2D eigenvalue weighted by Crippen LogP contribution is -2.24. The molecule has 0 aromatic carbocycles. The van der Waals surface area contributed by atoms with Gasteiger partial charge in [-0.25, -0.2) is 4.98 Å². The molecular formula is C12H23N3O. The van der Waals surface area contributed by atoms with Crippen molar-refractivity contribution in [1.82, 2.24) is 14.9 Å². The first kappa shape index (κ1) is 13.2. The molecule has 0 radical (unpaired) electrons. The lowest BCUT2D eigenvalue weighted by molar-refractivity contribution is 0.199. The van der Waals surface area contributed by atoms with E-state index in [0.717, 1.165) is 32.7 Å². The molecule has 0 aliphatic carbocycles. The maximum absolute atomic E-state index is 4.97. The van der Waals surface area contributed by atoms with E-state index < -0.39 is 0 Å². The summed E-state index contributed by atoms with van der Waals surface area (Å²) in [5, 5.41) is 3.33. The SMILES string of the molecule is COCCNCCn1cncc1CC(C)C. The van der Waals surface area contributed by atoms with Crippen LogP contribution in [-0.4, -0.2) is 36.4 Å². The van der Waals surface area contributed by atoms with Crippen LogP contribution in [0, 0.1) is 5.92 Å². The van der Waals surface area contributed by atoms with E-state index in [1.807, 2.05) is 12.5 Å². The molecule has 1 N–H and O–H groups in total. The van der Waals surface area contributed by atoms with Crippen molar-refractivity contribution in [2.24, 2.45) is 5.92 Å². The van der Waals surface area contributed by atoms with Gasteiger partial charge in [-0.15, -0.1) is 0 Å². The molecule has 1 aromatic heterocycles. The van der Waals surface area contributed by atoms with Gasteiger partial charge in [0.2, 0.25) is 0 Å². The minimum atomic E-state index is 0.678. The summed E-state index contributed by atoms with van der Waals surface area (Å²) in [7, 11) is 1.72. The topological polar surface area (TPSA) is 39.1 Å². The second-order valence-corrected chi connectivity index (χ2v) is 4.42. The lowest BCUT2D eigenvalue weighted by atomic mass is 10.1. The van der Waals surface area contributed by atoms with Crippen molar-refractivity contribution in [1.29, 1.82) is 0 Å². The summed E-state index contributed by atoms with van der Waals surface area (Å²) in [6.45, 7) is 8.08. The van der Waals surface area contributed by atoms with E-state index in [0.29, 0.717) is 5.92 Å². The first-order valence-electron chi connectivity index (χ1n) is 5.92. The van der Waals surface area contributed by atoms with Crippen LogP contribution in [-0.2, 0) is 17.7 Å². The highest BCUT2D eigenvalue weighted by Gasteiger charge is 2.03. The normalized spacial score (nSPS) is 11.2. The number of nitrogens with one attached hydrogen (secondary N) is 1. The van der Waals surface area contributed by atoms with Crippen LogP contribution in [0.1, 0.15) is 19.5 Å². The first-order valence-corrected chi connectivity index (χ1v) is 5.92. The molecule has 0 amide bonds. The van der Waals surface area contributed by atoms with Gasteiger partial charge in [0.15, 0.2) is 0 Å². The largest absolute Gasteiger partial charge is 0.383 e. The van der Waals surface area contributed by atoms with Crippen molar-refractivity contribution in [3.05, 3.63) is 18.2 Å². The molecule has 0 saturated carbocycles. The van der Waals surface area contributed by atoms with Crippen LogP contribution in [0.15, 0.2) is 12.5 Å². The second kappa shape index (κ2) is 7.41. The van der Waals surface area contributed by atoms with Gasteiger partial charge in [-0.05, 0) is 12.3 Å². The van der Waals surface area contributed by atoms with Gasteiger partial charge < -0.3 is 14.6 Å². The summed E-state index contributed by atoms with van der Waals surface area (Å²) in [5.41, 5.74) is 1.32. The predicted molar refractivity (Wildman–Crippen MR) is 65.5 cm³/mol. The third-order valence-corrected chi connectivity index (χ3v) is 2.43. The van der Waals surface area contributed by atoms with E-state index in [1.54, 1.807) is 7.11 Å². The highest BCUT2D eigenvalue weighted by molar-refractivity contribution is 4.99. The van der Waals surface area contributed by atoms with Crippen LogP contribution in [0.25, 0.3) is 0 Å². The number of rotatable bonds is 8. The van der Waals surface area contributed by atoms with Crippen LogP contribution in [0.3, 0.4) is 0 Å². The summed E-state index contributed by atoms with van der Waals surface area (Å²) >= 11 is 0. The van der Waals surface area contributed by atoms with Crippen molar-refractivity contribution >= 4 is 0 Å². The lowest BCUT2D eigenvalue weighted by Gasteiger charge is -2.10. The summed E-state index contributed by atoms with van der Waals surface area (Å²) in [4.78, 5) is 4.20. The molecule has 16 heavy (non-hydrogen) atoms. The van der Waals surface area contributed by atoms with E-state index in [9.17, 15) is 0 Å². The van der Waals surface area contributed by atoms with Gasteiger partial charge in [-0.2, -0.15) is 0 Å². The molecule has 1 aromatic rings. The van der Waals surface area contributed by atoms with Crippen molar-refractivity contribution in [3.8, 4) is 0 Å². The molecule has 0 fully saturated rings. The molecule has 4 nitrogen and oxygen atoms in total. The molecule has 1 heterocycles. The van der Waals surface area contributed by atoms with Crippen LogP contribution >= 0.6 is 0 Å². The van der Waals surface area contributed by atoms with Gasteiger partial charge in [0, 0.05) is 38.6 Å². The molecule has 4 heteroatoms. The number of nitrogens with zero attached hydrogens (tertiary/aromatic N) is 2. The average Bonchev–Trinajstić information content (AvgIpc) is 2.64. The Kier molecular flexibility index (Phi) is 6.11. The smallest absolute Gasteiger partial charge is 0.0948 e. The molecule has 0 aliphatic rings. The Hall–Kier alpha value is -0.870. The van der Waals surface area contributed by atoms with Gasteiger partial charge in [0.1, 0.15) is 0 Å². The zero-order chi connectivity index (χ0) is 11.8. The summed E-state index contributed by atoms with van der Waals surface area (Å²) in [5.74, 6) is 0.678. The highest BCUT2D eigenvalue weighted by atomic mass is 16.5. The van der Waals surface area contributed by atoms with Gasteiger partial charge >= 0.3 is 0 Å². The maximum atomic E-state index is 4.97. The van der Waals surface area contributed by atoms with E-state index >= 15 is 0 Å². The first-order chi connectivity index (χ1) is 7.74. The minimum Gasteiger partial charge on any atom is -0.383 e. The number of aromatic nitrogens is 2. The third kappa shape index (κ3) is 4.77. The van der Waals surface area contributed by atoms with Gasteiger partial charge in [0.05, 0.1) is 12.9 Å². The molecule has 0 atom stereocenters. The van der Waals surface area contributed by atoms with E-state index in [-0.39, 0.29) is 0 Å². The summed E-state index contributed by atoms with van der Waals surface area (Å²) < 4.78 is 7.20. The fraction of sp³-hybridized carbons (Fsp3) is 0.750. The van der Waals surface area contributed by atoms with E-state index in [2.05, 4.69) is 28.7 Å². The van der Waals surface area contributed by atoms with Crippen molar-refractivity contribution in [2.75, 3.05) is 26.8 Å². The van der Waals surface area contributed by atoms with Gasteiger partial charge in [-0.1, -0.05) is 13.8 Å². The van der Waals surface area contributed by atoms with Crippen LogP contribution in [0.2, 0.25) is 0 Å². The molecule has 0 aliphatic heterocycles. The van der Waals surface area contributed by atoms with Crippen molar-refractivity contribution in [3.63, 3.8) is 0 Å². The molecule has 1 rings (SSSR count).